The molecule has 2 unspecified atom stereocenters. The highest BCUT2D eigenvalue weighted by Crippen LogP contribution is 2.62. The number of ketones is 3. The minimum atomic E-state index is -0.909. The van der Waals surface area contributed by atoms with Gasteiger partial charge in [-0.05, 0) is 341 Å². The summed E-state index contributed by atoms with van der Waals surface area (Å²) >= 11 is 8.85. The van der Waals surface area contributed by atoms with Crippen LogP contribution in [0.3, 0.4) is 0 Å². The number of carbonyl (C=O) groups excluding carboxylic acids is 6. The number of hydrogen-bond acceptors (Lipinski definition) is 12. The van der Waals surface area contributed by atoms with E-state index in [1.54, 1.807) is 35.5 Å². The second-order valence-electron chi connectivity index (χ2n) is 39.8. The minimum absolute atomic E-state index is 0.0430. The normalized spacial score (nSPS) is 32.0. The number of nitrogens with one attached hydrogen (secondary N) is 4. The first-order valence-corrected chi connectivity index (χ1v) is 47.6. The van der Waals surface area contributed by atoms with Crippen molar-refractivity contribution in [2.75, 3.05) is 35.5 Å². The first-order chi connectivity index (χ1) is 58.6. The van der Waals surface area contributed by atoms with Crippen LogP contribution in [-0.2, 0) is 95.7 Å². The molecular weight excluding hydrogens is 1590 g/mol. The summed E-state index contributed by atoms with van der Waals surface area (Å²) in [5, 5.41) is 12.5. The first-order valence-electron chi connectivity index (χ1n) is 46.4. The van der Waals surface area contributed by atoms with Gasteiger partial charge in [-0.1, -0.05) is 127 Å². The topological polar surface area (TPSA) is 197 Å². The van der Waals surface area contributed by atoms with Crippen LogP contribution < -0.4 is 21.3 Å². The van der Waals surface area contributed by atoms with Crippen molar-refractivity contribution in [1.82, 2.24) is 21.3 Å². The number of hydrogen-bond donors (Lipinski definition) is 4. The molecule has 7 spiro atoms. The molecule has 22 rings (SSSR count). The molecule has 10 saturated carbocycles. The van der Waals surface area contributed by atoms with E-state index in [0.717, 1.165) is 230 Å². The van der Waals surface area contributed by atoms with Gasteiger partial charge in [0.1, 0.15) is 0 Å². The number of amides is 4. The van der Waals surface area contributed by atoms with Crippen molar-refractivity contribution in [3.8, 4) is 24.2 Å². The van der Waals surface area contributed by atoms with E-state index in [-0.39, 0.29) is 51.0 Å². The lowest BCUT2D eigenvalue weighted by Crippen LogP contribution is -2.56. The summed E-state index contributed by atoms with van der Waals surface area (Å²) in [5.74, 6) is 14.2. The third-order valence-electron chi connectivity index (χ3n) is 32.2. The number of ether oxygens (including phenoxy) is 5. The summed E-state index contributed by atoms with van der Waals surface area (Å²) in [6.07, 6.45) is 51.2. The number of methoxy groups -OCH3 is 5. The predicted molar refractivity (Wildman–Crippen MR) is 478 cm³/mol. The quantitative estimate of drug-likeness (QED) is 0.0466. The van der Waals surface area contributed by atoms with E-state index < -0.39 is 11.1 Å². The Morgan fingerprint density at radius 1 is 0.397 bits per heavy atom. The third kappa shape index (κ3) is 17.7. The van der Waals surface area contributed by atoms with Crippen molar-refractivity contribution in [3.05, 3.63) is 173 Å². The zero-order chi connectivity index (χ0) is 84.1. The summed E-state index contributed by atoms with van der Waals surface area (Å²) in [6, 6.07) is 32.2. The van der Waals surface area contributed by atoms with Crippen molar-refractivity contribution in [2.45, 2.75) is 305 Å². The summed E-state index contributed by atoms with van der Waals surface area (Å²) in [6.45, 7) is 0. The molecule has 12 fully saturated rings. The molecule has 0 radical (unpaired) electrons. The molecule has 4 N–H and O–H groups in total. The van der Waals surface area contributed by atoms with Crippen molar-refractivity contribution in [2.24, 2.45) is 56.7 Å². The average Bonchev–Trinajstić information content (AvgIpc) is 1.53. The number of imide groups is 1. The van der Waals surface area contributed by atoms with Crippen LogP contribution in [-0.4, -0.2) is 106 Å². The zero-order valence-corrected chi connectivity index (χ0v) is 74.7. The van der Waals surface area contributed by atoms with Gasteiger partial charge < -0.3 is 39.6 Å². The lowest BCUT2D eigenvalue weighted by molar-refractivity contribution is -0.132. The Labute approximate surface area is 732 Å². The van der Waals surface area contributed by atoms with Gasteiger partial charge in [-0.2, -0.15) is 0 Å². The van der Waals surface area contributed by atoms with Crippen LogP contribution in [0.25, 0.3) is 0 Å². The molecule has 15 aliphatic carbocycles. The summed E-state index contributed by atoms with van der Waals surface area (Å²) < 4.78 is 28.5. The van der Waals surface area contributed by atoms with Crippen LogP contribution in [0.5, 0.6) is 0 Å². The van der Waals surface area contributed by atoms with Crippen LogP contribution in [0.2, 0.25) is 0 Å². The number of Topliss-reactive ketones (excluding diaryl/α,β-unsaturated/α-hetero) is 3. The van der Waals surface area contributed by atoms with Crippen molar-refractivity contribution < 1.29 is 52.5 Å². The fraction of sp³-hybridized carbons (Fsp3) is 0.606. The second-order valence-corrected chi connectivity index (χ2v) is 41.2. The molecule has 2 aliphatic heterocycles. The van der Waals surface area contributed by atoms with Gasteiger partial charge >= 0.3 is 6.03 Å². The number of rotatable bonds is 14. The molecule has 0 aromatic heterocycles. The lowest BCUT2D eigenvalue weighted by Gasteiger charge is -2.46. The maximum atomic E-state index is 13.3. The second kappa shape index (κ2) is 35.7. The molecular formula is C104H127BrN4O11S. The molecule has 121 heavy (non-hydrogen) atoms. The van der Waals surface area contributed by atoms with E-state index in [4.69, 9.17) is 42.3 Å². The van der Waals surface area contributed by atoms with E-state index in [9.17, 15) is 28.8 Å². The van der Waals surface area contributed by atoms with Gasteiger partial charge in [-0.3, -0.25) is 29.3 Å². The molecule has 642 valence electrons. The molecule has 4 amide bonds. The van der Waals surface area contributed by atoms with Crippen LogP contribution in [0, 0.1) is 80.8 Å². The molecule has 17 heteroatoms. The van der Waals surface area contributed by atoms with Crippen LogP contribution in [0.15, 0.2) is 95.5 Å². The number of carbonyl (C=O) groups is 6. The van der Waals surface area contributed by atoms with E-state index >= 15 is 0 Å². The highest BCUT2D eigenvalue weighted by atomic mass is 79.9. The zero-order valence-electron chi connectivity index (χ0n) is 72.3. The monoisotopic (exact) mass is 1720 g/mol. The number of aryl methyl sites for hydroxylation is 3. The van der Waals surface area contributed by atoms with Gasteiger partial charge in [-0.25, -0.2) is 4.79 Å². The fourth-order valence-electron chi connectivity index (χ4n) is 23.6. The van der Waals surface area contributed by atoms with Gasteiger partial charge in [0.25, 0.3) is 11.8 Å². The van der Waals surface area contributed by atoms with E-state index in [1.807, 2.05) is 18.2 Å². The average molecular weight is 1720 g/mol. The van der Waals surface area contributed by atoms with Gasteiger partial charge in [0, 0.05) is 101 Å². The van der Waals surface area contributed by atoms with E-state index in [2.05, 4.69) is 128 Å². The van der Waals surface area contributed by atoms with Crippen LogP contribution in [0.4, 0.5) is 4.79 Å². The van der Waals surface area contributed by atoms with E-state index in [0.29, 0.717) is 58.7 Å². The number of thiocarbonyl (C=S) groups is 1. The Bertz CT molecular complexity index is 4740. The molecule has 0 bridgehead atoms. The van der Waals surface area contributed by atoms with Crippen molar-refractivity contribution in [3.63, 3.8) is 0 Å². The largest absolute Gasteiger partial charge is 0.381 e. The highest BCUT2D eigenvalue weighted by Gasteiger charge is 2.68. The number of urea groups is 1. The Kier molecular flexibility index (Phi) is 25.3. The summed E-state index contributed by atoms with van der Waals surface area (Å²) in [4.78, 5) is 77.3. The van der Waals surface area contributed by atoms with Crippen molar-refractivity contribution >= 4 is 68.5 Å². The third-order valence-corrected chi connectivity index (χ3v) is 32.9. The molecule has 15 nitrogen and oxygen atoms in total. The molecule has 5 aromatic carbocycles. The van der Waals surface area contributed by atoms with Gasteiger partial charge in [0.2, 0.25) is 0 Å². The maximum Gasteiger partial charge on any atom is 0.322 e. The highest BCUT2D eigenvalue weighted by molar-refractivity contribution is 9.10. The number of benzene rings is 5. The van der Waals surface area contributed by atoms with Gasteiger partial charge in [-0.15, -0.1) is 12.3 Å². The van der Waals surface area contributed by atoms with Gasteiger partial charge in [0.15, 0.2) is 33.5 Å². The Balaban J connectivity index is 0.000000107. The first kappa shape index (κ1) is 86.0. The van der Waals surface area contributed by atoms with Gasteiger partial charge in [0.05, 0.1) is 30.5 Å². The molecule has 5 aromatic rings. The smallest absolute Gasteiger partial charge is 0.322 e. The SMILES string of the molecule is C#CC1CC1.COC1CCC2(CC1)Cc1ccc(Br)cc1C2=O.COC1CCC2(CC1)Cc1ccc(C#CC3CC3)cc1C2=O.COC1CCC2(CC1)Cc1ccc(CCC3CC3)cc1C21NC(=O)NC1=O.COC1CCC2(CC1)Cc1ccc(CCC3CC3)cc1C21NC(=S)NC1=O.COC1CCC2(CC1)Cc1ccc(CCC3CC3)cc1C2=O. The fourth-order valence-corrected chi connectivity index (χ4v) is 24.3. The maximum absolute atomic E-state index is 13.3. The summed E-state index contributed by atoms with van der Waals surface area (Å²) in [5.41, 5.74) is 14.0. The molecule has 2 heterocycles. The molecule has 17 aliphatic rings. The summed E-state index contributed by atoms with van der Waals surface area (Å²) in [7, 11) is 8.89. The van der Waals surface area contributed by atoms with Crippen LogP contribution >= 0.6 is 28.1 Å². The number of terminal acetylenes is 1. The van der Waals surface area contributed by atoms with E-state index in [1.165, 1.54) is 134 Å². The standard InChI is InChI=1S/C22H28N2O3.C22H28N2O2S.C20H26O2.C20H22O2.C15H17BrO2.C5H6/c1-27-17-8-10-21(11-9-17)13-16-7-6-15(5-4-14-2-3-14)12-18(16)22(21)19(25)23-20(26)24-22;1-26-17-8-10-21(11-9-17)13-16-7-6-15(5-4-14-2-3-14)12-18(16)22(21)19(25)23-20(27)24-22;2*1-22-17-8-10-20(11-9-17)13-16-7-6-15(5-4-14-2-3-14)12-18(16)19(20)21;1-18-12-4-6-15(7-5-12)9-10-2-3-11(16)8-13(10)14(15)17;1-2-5-3-4-5/h6-7,12,14,17H,2-5,8-11,13H2,1H3,(H2,23,24,25,26);6-7,12,14,17H,2-5,8-11,13H2,1H3,(H2,23,24,25,27);6-7,12,14,17H,2-5,8-11,13H2,1H3;6-7,12,14,17H,2-3,8-11,13H2,1H3;2-3,8,12H,4-7,9H2,1H3;1,5H,3-4H2. The molecule has 2 atom stereocenters. The lowest BCUT2D eigenvalue weighted by atomic mass is 9.61. The molecule has 2 saturated heterocycles. The van der Waals surface area contributed by atoms with Crippen molar-refractivity contribution in [1.29, 1.82) is 0 Å². The predicted octanol–water partition coefficient (Wildman–Crippen LogP) is 19.5. The Morgan fingerprint density at radius 2 is 0.752 bits per heavy atom. The number of fused-ring (bicyclic) bond motifs is 9. The Hall–Kier alpha value is -7.19. The Morgan fingerprint density at radius 3 is 1.11 bits per heavy atom. The minimum Gasteiger partial charge on any atom is -0.381 e. The van der Waals surface area contributed by atoms with Crippen LogP contribution in [0.1, 0.15) is 304 Å². The number of halogens is 1.